The summed E-state index contributed by atoms with van der Waals surface area (Å²) in [5.41, 5.74) is 3.71. The largest absolute Gasteiger partial charge is 0.438 e. The van der Waals surface area contributed by atoms with Crippen LogP contribution in [0.4, 0.5) is 5.69 Å². The average molecular weight is 371 g/mol. The minimum atomic E-state index is -0.163. The van der Waals surface area contributed by atoms with Crippen LogP contribution >= 0.6 is 0 Å². The lowest BCUT2D eigenvalue weighted by Crippen LogP contribution is -2.12. The molecule has 2 aromatic carbocycles. The van der Waals surface area contributed by atoms with Gasteiger partial charge < -0.3 is 10.1 Å². The number of benzene rings is 2. The van der Waals surface area contributed by atoms with Crippen LogP contribution in [0, 0.1) is 18.3 Å². The first-order valence-corrected chi connectivity index (χ1v) is 9.03. The van der Waals surface area contributed by atoms with Crippen molar-refractivity contribution >= 4 is 11.6 Å². The standard InChI is InChI=1S/C23H21N3O2/c1-15(2)17-6-8-18(9-7-17)22(27)26-21-11-10-20(13-16(21)3)28-23-19(14-24)5-4-12-25-23/h4-13,15H,1-3H3,(H,26,27). The average Bonchev–Trinajstić information content (AvgIpc) is 2.70. The summed E-state index contributed by atoms with van der Waals surface area (Å²) in [6.07, 6.45) is 1.57. The van der Waals surface area contributed by atoms with E-state index in [4.69, 9.17) is 10.00 Å². The SMILES string of the molecule is Cc1cc(Oc2ncccc2C#N)ccc1NC(=O)c1ccc(C(C)C)cc1. The fraction of sp³-hybridized carbons (Fsp3) is 0.174. The zero-order valence-corrected chi connectivity index (χ0v) is 16.1. The quantitative estimate of drug-likeness (QED) is 0.649. The molecular weight excluding hydrogens is 350 g/mol. The Bertz CT molecular complexity index is 1030. The predicted molar refractivity (Wildman–Crippen MR) is 109 cm³/mol. The molecule has 0 aliphatic carbocycles. The van der Waals surface area contributed by atoms with Gasteiger partial charge in [-0.25, -0.2) is 4.98 Å². The first-order chi connectivity index (χ1) is 13.5. The summed E-state index contributed by atoms with van der Waals surface area (Å²) in [4.78, 5) is 16.6. The molecule has 0 radical (unpaired) electrons. The molecule has 3 aromatic rings. The summed E-state index contributed by atoms with van der Waals surface area (Å²) in [5.74, 6) is 1.06. The molecular formula is C23H21N3O2. The van der Waals surface area contributed by atoms with Crippen molar-refractivity contribution in [2.45, 2.75) is 26.7 Å². The highest BCUT2D eigenvalue weighted by atomic mass is 16.5. The first-order valence-electron chi connectivity index (χ1n) is 9.03. The maximum atomic E-state index is 12.5. The third kappa shape index (κ3) is 4.36. The maximum absolute atomic E-state index is 12.5. The molecule has 0 saturated carbocycles. The number of aromatic nitrogens is 1. The second kappa shape index (κ2) is 8.36. The molecule has 1 amide bonds. The van der Waals surface area contributed by atoms with E-state index in [0.29, 0.717) is 28.5 Å². The number of ether oxygens (including phenoxy) is 1. The van der Waals surface area contributed by atoms with E-state index in [1.54, 1.807) is 36.5 Å². The third-order valence-electron chi connectivity index (χ3n) is 4.39. The lowest BCUT2D eigenvalue weighted by Gasteiger charge is -2.12. The molecule has 5 heteroatoms. The number of anilines is 1. The van der Waals surface area contributed by atoms with Crippen molar-refractivity contribution in [1.29, 1.82) is 5.26 Å². The molecule has 1 heterocycles. The molecule has 3 rings (SSSR count). The molecule has 1 aromatic heterocycles. The smallest absolute Gasteiger partial charge is 0.255 e. The molecule has 140 valence electrons. The van der Waals surface area contributed by atoms with Gasteiger partial charge >= 0.3 is 0 Å². The number of aryl methyl sites for hydroxylation is 1. The fourth-order valence-corrected chi connectivity index (χ4v) is 2.72. The van der Waals surface area contributed by atoms with Crippen molar-refractivity contribution in [3.63, 3.8) is 0 Å². The van der Waals surface area contributed by atoms with E-state index in [1.807, 2.05) is 31.2 Å². The van der Waals surface area contributed by atoms with Gasteiger partial charge in [0.25, 0.3) is 5.91 Å². The number of hydrogen-bond acceptors (Lipinski definition) is 4. The van der Waals surface area contributed by atoms with Crippen molar-refractivity contribution < 1.29 is 9.53 Å². The van der Waals surface area contributed by atoms with Crippen molar-refractivity contribution in [2.75, 3.05) is 5.32 Å². The Labute approximate surface area is 164 Å². The van der Waals surface area contributed by atoms with Gasteiger partial charge in [0.2, 0.25) is 5.88 Å². The summed E-state index contributed by atoms with van der Waals surface area (Å²) in [7, 11) is 0. The highest BCUT2D eigenvalue weighted by Gasteiger charge is 2.11. The van der Waals surface area contributed by atoms with Crippen molar-refractivity contribution in [2.24, 2.45) is 0 Å². The normalized spacial score (nSPS) is 10.4. The molecule has 0 fully saturated rings. The zero-order chi connectivity index (χ0) is 20.1. The molecule has 5 nitrogen and oxygen atoms in total. The Morgan fingerprint density at radius 1 is 1.14 bits per heavy atom. The number of nitrogens with zero attached hydrogens (tertiary/aromatic N) is 2. The van der Waals surface area contributed by atoms with Crippen molar-refractivity contribution in [3.8, 4) is 17.7 Å². The lowest BCUT2D eigenvalue weighted by atomic mass is 10.0. The number of pyridine rings is 1. The number of amides is 1. The van der Waals surface area contributed by atoms with E-state index in [-0.39, 0.29) is 11.8 Å². The van der Waals surface area contributed by atoms with Crippen LogP contribution in [-0.4, -0.2) is 10.9 Å². The minimum Gasteiger partial charge on any atom is -0.438 e. The van der Waals surface area contributed by atoms with Crippen LogP contribution in [0.5, 0.6) is 11.6 Å². The van der Waals surface area contributed by atoms with Crippen LogP contribution in [0.25, 0.3) is 0 Å². The Morgan fingerprint density at radius 2 is 1.89 bits per heavy atom. The highest BCUT2D eigenvalue weighted by molar-refractivity contribution is 6.04. The number of nitrogens with one attached hydrogen (secondary N) is 1. The van der Waals surface area contributed by atoms with Crippen molar-refractivity contribution in [1.82, 2.24) is 4.98 Å². The summed E-state index contributed by atoms with van der Waals surface area (Å²) in [6, 6.07) is 18.3. The van der Waals surface area contributed by atoms with Crippen LogP contribution in [0.2, 0.25) is 0 Å². The van der Waals surface area contributed by atoms with Gasteiger partial charge in [-0.2, -0.15) is 5.26 Å². The molecule has 0 unspecified atom stereocenters. The van der Waals surface area contributed by atoms with Gasteiger partial charge in [0.05, 0.1) is 0 Å². The number of carbonyl (C=O) groups is 1. The number of nitriles is 1. The van der Waals surface area contributed by atoms with Crippen LogP contribution in [-0.2, 0) is 0 Å². The number of hydrogen-bond donors (Lipinski definition) is 1. The zero-order valence-electron chi connectivity index (χ0n) is 16.1. The Balaban J connectivity index is 1.73. The van der Waals surface area contributed by atoms with Crippen LogP contribution in [0.3, 0.4) is 0 Å². The molecule has 0 atom stereocenters. The van der Waals surface area contributed by atoms with Gasteiger partial charge in [0.1, 0.15) is 17.4 Å². The fourth-order valence-electron chi connectivity index (χ4n) is 2.72. The van der Waals surface area contributed by atoms with Crippen molar-refractivity contribution in [3.05, 3.63) is 83.0 Å². The Morgan fingerprint density at radius 3 is 2.54 bits per heavy atom. The van der Waals surface area contributed by atoms with Crippen LogP contribution in [0.1, 0.15) is 46.8 Å². The van der Waals surface area contributed by atoms with Gasteiger partial charge in [-0.05, 0) is 66.4 Å². The Hall–Kier alpha value is -3.65. The summed E-state index contributed by atoms with van der Waals surface area (Å²) in [6.45, 7) is 6.12. The number of carbonyl (C=O) groups excluding carboxylic acids is 1. The van der Waals surface area contributed by atoms with E-state index in [0.717, 1.165) is 5.56 Å². The van der Waals surface area contributed by atoms with E-state index in [1.165, 1.54) is 5.56 Å². The molecule has 1 N–H and O–H groups in total. The molecule has 0 bridgehead atoms. The second-order valence-corrected chi connectivity index (χ2v) is 6.78. The third-order valence-corrected chi connectivity index (χ3v) is 4.39. The van der Waals surface area contributed by atoms with Gasteiger partial charge in [0.15, 0.2) is 0 Å². The molecule has 0 spiro atoms. The molecule has 0 saturated heterocycles. The maximum Gasteiger partial charge on any atom is 0.255 e. The minimum absolute atomic E-state index is 0.163. The van der Waals surface area contributed by atoms with E-state index in [2.05, 4.69) is 30.2 Å². The summed E-state index contributed by atoms with van der Waals surface area (Å²) < 4.78 is 5.72. The van der Waals surface area contributed by atoms with E-state index in [9.17, 15) is 4.79 Å². The molecule has 0 aliphatic rings. The monoisotopic (exact) mass is 371 g/mol. The number of rotatable bonds is 5. The van der Waals surface area contributed by atoms with Gasteiger partial charge in [0, 0.05) is 17.4 Å². The van der Waals surface area contributed by atoms with Gasteiger partial charge in [-0.1, -0.05) is 26.0 Å². The topological polar surface area (TPSA) is 75.0 Å². The summed E-state index contributed by atoms with van der Waals surface area (Å²) >= 11 is 0. The molecule has 28 heavy (non-hydrogen) atoms. The van der Waals surface area contributed by atoms with Gasteiger partial charge in [-0.15, -0.1) is 0 Å². The second-order valence-electron chi connectivity index (χ2n) is 6.78. The lowest BCUT2D eigenvalue weighted by molar-refractivity contribution is 0.102. The van der Waals surface area contributed by atoms with Gasteiger partial charge in [-0.3, -0.25) is 4.79 Å². The predicted octanol–water partition coefficient (Wildman–Crippen LogP) is 5.43. The Kier molecular flexibility index (Phi) is 5.71. The summed E-state index contributed by atoms with van der Waals surface area (Å²) in [5, 5.41) is 12.1. The highest BCUT2D eigenvalue weighted by Crippen LogP contribution is 2.27. The van der Waals surface area contributed by atoms with Crippen LogP contribution in [0.15, 0.2) is 60.8 Å². The molecule has 0 aliphatic heterocycles. The van der Waals surface area contributed by atoms with E-state index >= 15 is 0 Å². The first kappa shape index (κ1) is 19.1. The van der Waals surface area contributed by atoms with Crippen LogP contribution < -0.4 is 10.1 Å². The van der Waals surface area contributed by atoms with E-state index < -0.39 is 0 Å².